The van der Waals surface area contributed by atoms with E-state index < -0.39 is 12.1 Å². The molecule has 2 heterocycles. The van der Waals surface area contributed by atoms with E-state index in [1.807, 2.05) is 12.1 Å². The van der Waals surface area contributed by atoms with E-state index in [0.717, 1.165) is 42.9 Å². The summed E-state index contributed by atoms with van der Waals surface area (Å²) in [7, 11) is 0. The zero-order valence-electron chi connectivity index (χ0n) is 15.4. The molecular weight excluding hydrogens is 348 g/mol. The van der Waals surface area contributed by atoms with Gasteiger partial charge in [0.2, 0.25) is 0 Å². The fourth-order valence-corrected chi connectivity index (χ4v) is 4.01. The van der Waals surface area contributed by atoms with Gasteiger partial charge in [0.15, 0.2) is 6.10 Å². The number of hydrogen-bond donors (Lipinski definition) is 0. The molecule has 3 rings (SSSR count). The van der Waals surface area contributed by atoms with Crippen molar-refractivity contribution in [3.8, 4) is 10.6 Å². The third kappa shape index (κ3) is 3.96. The van der Waals surface area contributed by atoms with Gasteiger partial charge in [-0.1, -0.05) is 31.2 Å². The minimum absolute atomic E-state index is 0.117. The Labute approximate surface area is 158 Å². The van der Waals surface area contributed by atoms with Crippen molar-refractivity contribution in [3.05, 3.63) is 40.4 Å². The molecule has 1 aromatic heterocycles. The summed E-state index contributed by atoms with van der Waals surface area (Å²) in [6, 6.07) is 8.18. The first kappa shape index (κ1) is 18.6. The van der Waals surface area contributed by atoms with Crippen molar-refractivity contribution in [1.82, 2.24) is 9.88 Å². The Morgan fingerprint density at radius 1 is 1.23 bits per heavy atom. The number of benzene rings is 1. The molecule has 1 aliphatic heterocycles. The number of amides is 1. The SMILES string of the molecule is CCc1ccc(-c2nc(C)c(C(=O)OC(C)C(=O)N3CCCC3)s2)cc1. The maximum Gasteiger partial charge on any atom is 0.351 e. The molecule has 5 nitrogen and oxygen atoms in total. The van der Waals surface area contributed by atoms with Crippen LogP contribution < -0.4 is 0 Å². The molecule has 1 aromatic carbocycles. The van der Waals surface area contributed by atoms with Gasteiger partial charge < -0.3 is 9.64 Å². The van der Waals surface area contributed by atoms with Crippen LogP contribution in [0.4, 0.5) is 0 Å². The van der Waals surface area contributed by atoms with Crippen LogP contribution in [0.3, 0.4) is 0 Å². The number of rotatable bonds is 5. The van der Waals surface area contributed by atoms with Gasteiger partial charge in [0, 0.05) is 18.7 Å². The molecular formula is C20H24N2O3S. The van der Waals surface area contributed by atoms with E-state index in [1.165, 1.54) is 16.9 Å². The zero-order chi connectivity index (χ0) is 18.7. The quantitative estimate of drug-likeness (QED) is 0.748. The van der Waals surface area contributed by atoms with Gasteiger partial charge in [-0.15, -0.1) is 11.3 Å². The molecule has 1 aliphatic rings. The Hall–Kier alpha value is -2.21. The Morgan fingerprint density at radius 2 is 1.88 bits per heavy atom. The number of esters is 1. The highest BCUT2D eigenvalue weighted by Crippen LogP contribution is 2.29. The van der Waals surface area contributed by atoms with E-state index in [0.29, 0.717) is 10.6 Å². The summed E-state index contributed by atoms with van der Waals surface area (Å²) < 4.78 is 5.42. The van der Waals surface area contributed by atoms with E-state index in [9.17, 15) is 9.59 Å². The molecule has 0 N–H and O–H groups in total. The molecule has 1 fully saturated rings. The Kier molecular flexibility index (Phi) is 5.71. The third-order valence-corrected chi connectivity index (χ3v) is 5.83. The first-order valence-corrected chi connectivity index (χ1v) is 9.87. The number of aryl methyl sites for hydroxylation is 2. The van der Waals surface area contributed by atoms with E-state index in [-0.39, 0.29) is 5.91 Å². The summed E-state index contributed by atoms with van der Waals surface area (Å²) >= 11 is 1.31. The number of likely N-dealkylation sites (tertiary alicyclic amines) is 1. The molecule has 1 atom stereocenters. The molecule has 1 unspecified atom stereocenters. The van der Waals surface area contributed by atoms with Crippen LogP contribution in [0, 0.1) is 6.92 Å². The monoisotopic (exact) mass is 372 g/mol. The van der Waals surface area contributed by atoms with Crippen molar-refractivity contribution in [3.63, 3.8) is 0 Å². The van der Waals surface area contributed by atoms with Gasteiger partial charge in [-0.25, -0.2) is 9.78 Å². The van der Waals surface area contributed by atoms with Crippen molar-refractivity contribution >= 4 is 23.2 Å². The normalized spacial score (nSPS) is 15.1. The van der Waals surface area contributed by atoms with Crippen LogP contribution in [-0.2, 0) is 16.0 Å². The van der Waals surface area contributed by atoms with Crippen LogP contribution in [-0.4, -0.2) is 41.0 Å². The van der Waals surface area contributed by atoms with Gasteiger partial charge in [-0.3, -0.25) is 4.79 Å². The highest BCUT2D eigenvalue weighted by molar-refractivity contribution is 7.17. The molecule has 2 aromatic rings. The lowest BCUT2D eigenvalue weighted by Gasteiger charge is -2.20. The fourth-order valence-electron chi connectivity index (χ4n) is 3.05. The number of aromatic nitrogens is 1. The van der Waals surface area contributed by atoms with Crippen molar-refractivity contribution in [2.75, 3.05) is 13.1 Å². The van der Waals surface area contributed by atoms with Gasteiger partial charge in [0.25, 0.3) is 5.91 Å². The molecule has 138 valence electrons. The topological polar surface area (TPSA) is 59.5 Å². The Balaban J connectivity index is 1.71. The van der Waals surface area contributed by atoms with Crippen molar-refractivity contribution in [2.45, 2.75) is 46.1 Å². The maximum atomic E-state index is 12.5. The lowest BCUT2D eigenvalue weighted by Crippen LogP contribution is -2.38. The summed E-state index contributed by atoms with van der Waals surface area (Å²) in [5.74, 6) is -0.593. The zero-order valence-corrected chi connectivity index (χ0v) is 16.3. The Bertz CT molecular complexity index is 792. The van der Waals surface area contributed by atoms with E-state index >= 15 is 0 Å². The highest BCUT2D eigenvalue weighted by Gasteiger charge is 2.27. The number of carbonyl (C=O) groups is 2. The van der Waals surface area contributed by atoms with Gasteiger partial charge in [-0.2, -0.15) is 0 Å². The summed E-state index contributed by atoms with van der Waals surface area (Å²) in [5, 5.41) is 0.788. The van der Waals surface area contributed by atoms with Crippen LogP contribution in [0.1, 0.15) is 47.6 Å². The average molecular weight is 372 g/mol. The summed E-state index contributed by atoms with van der Waals surface area (Å²) in [4.78, 5) is 31.6. The first-order chi connectivity index (χ1) is 12.5. The molecule has 1 amide bonds. The number of hydrogen-bond acceptors (Lipinski definition) is 5. The molecule has 0 spiro atoms. The predicted octanol–water partition coefficient (Wildman–Crippen LogP) is 3.85. The Morgan fingerprint density at radius 3 is 2.50 bits per heavy atom. The molecule has 0 radical (unpaired) electrons. The first-order valence-electron chi connectivity index (χ1n) is 9.06. The van der Waals surface area contributed by atoms with E-state index in [1.54, 1.807) is 18.7 Å². The average Bonchev–Trinajstić information content (AvgIpc) is 3.31. The van der Waals surface area contributed by atoms with Crippen LogP contribution >= 0.6 is 11.3 Å². The highest BCUT2D eigenvalue weighted by atomic mass is 32.1. The second-order valence-corrected chi connectivity index (χ2v) is 7.56. The molecule has 26 heavy (non-hydrogen) atoms. The molecule has 0 saturated carbocycles. The minimum Gasteiger partial charge on any atom is -0.448 e. The fraction of sp³-hybridized carbons (Fsp3) is 0.450. The number of nitrogens with zero attached hydrogens (tertiary/aromatic N) is 2. The largest absolute Gasteiger partial charge is 0.448 e. The third-order valence-electron chi connectivity index (χ3n) is 4.64. The van der Waals surface area contributed by atoms with Crippen LogP contribution in [0.15, 0.2) is 24.3 Å². The summed E-state index contributed by atoms with van der Waals surface area (Å²) in [6.45, 7) is 7.04. The number of carbonyl (C=O) groups excluding carboxylic acids is 2. The smallest absolute Gasteiger partial charge is 0.351 e. The van der Waals surface area contributed by atoms with Gasteiger partial charge >= 0.3 is 5.97 Å². The molecule has 0 bridgehead atoms. The second-order valence-electron chi connectivity index (χ2n) is 6.56. The predicted molar refractivity (Wildman–Crippen MR) is 102 cm³/mol. The van der Waals surface area contributed by atoms with E-state index in [2.05, 4.69) is 24.0 Å². The second kappa shape index (κ2) is 7.99. The summed E-state index contributed by atoms with van der Waals surface area (Å²) in [5.41, 5.74) is 2.88. The van der Waals surface area contributed by atoms with Crippen molar-refractivity contribution < 1.29 is 14.3 Å². The maximum absolute atomic E-state index is 12.5. The van der Waals surface area contributed by atoms with Gasteiger partial charge in [0.1, 0.15) is 9.88 Å². The van der Waals surface area contributed by atoms with Gasteiger partial charge in [0.05, 0.1) is 5.69 Å². The lowest BCUT2D eigenvalue weighted by atomic mass is 10.1. The van der Waals surface area contributed by atoms with Crippen molar-refractivity contribution in [2.24, 2.45) is 0 Å². The van der Waals surface area contributed by atoms with Crippen molar-refractivity contribution in [1.29, 1.82) is 0 Å². The standard InChI is InChI=1S/C20H24N2O3S/c1-4-15-7-9-16(10-8-15)18-21-13(2)17(26-18)20(24)25-14(3)19(23)22-11-5-6-12-22/h7-10,14H,4-6,11-12H2,1-3H3. The van der Waals surface area contributed by atoms with Crippen LogP contribution in [0.5, 0.6) is 0 Å². The van der Waals surface area contributed by atoms with Crippen LogP contribution in [0.25, 0.3) is 10.6 Å². The number of thiazole rings is 1. The number of ether oxygens (including phenoxy) is 1. The van der Waals surface area contributed by atoms with Gasteiger partial charge in [-0.05, 0) is 38.7 Å². The summed E-state index contributed by atoms with van der Waals surface area (Å²) in [6.07, 6.45) is 2.24. The molecule has 1 saturated heterocycles. The van der Waals surface area contributed by atoms with Crippen LogP contribution in [0.2, 0.25) is 0 Å². The van der Waals surface area contributed by atoms with E-state index in [4.69, 9.17) is 4.74 Å². The molecule has 0 aliphatic carbocycles. The molecule has 6 heteroatoms. The lowest BCUT2D eigenvalue weighted by molar-refractivity contribution is -0.138. The minimum atomic E-state index is -0.769.